The van der Waals surface area contributed by atoms with Crippen molar-refractivity contribution in [2.24, 2.45) is 17.6 Å². The summed E-state index contributed by atoms with van der Waals surface area (Å²) in [7, 11) is 0. The van der Waals surface area contributed by atoms with E-state index in [1.807, 2.05) is 0 Å². The average molecular weight is 314 g/mol. The van der Waals surface area contributed by atoms with E-state index in [0.29, 0.717) is 16.9 Å². The molecule has 0 bridgehead atoms. The van der Waals surface area contributed by atoms with Gasteiger partial charge < -0.3 is 5.73 Å². The van der Waals surface area contributed by atoms with Crippen LogP contribution in [-0.4, -0.2) is 12.3 Å². The lowest BCUT2D eigenvalue weighted by atomic mass is 9.78. The van der Waals surface area contributed by atoms with Crippen molar-refractivity contribution >= 4 is 21.7 Å². The van der Waals surface area contributed by atoms with Gasteiger partial charge in [0, 0.05) is 5.92 Å². The molecule has 1 aromatic rings. The Bertz CT molecular complexity index is 441. The zero-order valence-corrected chi connectivity index (χ0v) is 11.7. The van der Waals surface area contributed by atoms with Gasteiger partial charge in [0.25, 0.3) is 0 Å². The molecule has 18 heavy (non-hydrogen) atoms. The molecule has 0 radical (unpaired) electrons. The standard InChI is InChI=1S/C14H17BrFNO/c15-12-3-1-2-11(13(12)16)14(18)10-6-4-9(8-17)5-7-10/h1-3,9-10H,4-8,17H2. The Hall–Kier alpha value is -0.740. The maximum absolute atomic E-state index is 13.9. The van der Waals surface area contributed by atoms with Gasteiger partial charge in [0.1, 0.15) is 5.82 Å². The first-order chi connectivity index (χ1) is 8.63. The highest BCUT2D eigenvalue weighted by molar-refractivity contribution is 9.10. The van der Waals surface area contributed by atoms with E-state index < -0.39 is 5.82 Å². The Morgan fingerprint density at radius 3 is 2.61 bits per heavy atom. The van der Waals surface area contributed by atoms with Gasteiger partial charge in [-0.3, -0.25) is 4.79 Å². The number of hydrogen-bond acceptors (Lipinski definition) is 2. The number of carbonyl (C=O) groups excluding carboxylic acids is 1. The largest absolute Gasteiger partial charge is 0.330 e. The monoisotopic (exact) mass is 313 g/mol. The molecule has 2 rings (SSSR count). The molecule has 0 atom stereocenters. The van der Waals surface area contributed by atoms with Crippen LogP contribution in [0, 0.1) is 17.7 Å². The highest BCUT2D eigenvalue weighted by atomic mass is 79.9. The maximum Gasteiger partial charge on any atom is 0.168 e. The van der Waals surface area contributed by atoms with E-state index in [1.54, 1.807) is 18.2 Å². The van der Waals surface area contributed by atoms with Crippen molar-refractivity contribution in [3.63, 3.8) is 0 Å². The molecular weight excluding hydrogens is 297 g/mol. The summed E-state index contributed by atoms with van der Waals surface area (Å²) in [5.41, 5.74) is 5.84. The Balaban J connectivity index is 2.10. The van der Waals surface area contributed by atoms with Crippen LogP contribution in [0.15, 0.2) is 22.7 Å². The van der Waals surface area contributed by atoms with Gasteiger partial charge in [0.2, 0.25) is 0 Å². The smallest absolute Gasteiger partial charge is 0.168 e. The van der Waals surface area contributed by atoms with Crippen LogP contribution in [0.3, 0.4) is 0 Å². The van der Waals surface area contributed by atoms with Crippen molar-refractivity contribution in [2.45, 2.75) is 25.7 Å². The molecule has 0 amide bonds. The van der Waals surface area contributed by atoms with E-state index in [4.69, 9.17) is 5.73 Å². The number of benzene rings is 1. The molecule has 0 aromatic heterocycles. The van der Waals surface area contributed by atoms with Gasteiger partial charge in [-0.25, -0.2) is 4.39 Å². The Labute approximate surface area is 115 Å². The van der Waals surface area contributed by atoms with Gasteiger partial charge in [0.05, 0.1) is 10.0 Å². The molecule has 0 aliphatic heterocycles. The lowest BCUT2D eigenvalue weighted by Gasteiger charge is -2.26. The van der Waals surface area contributed by atoms with Gasteiger partial charge in [-0.2, -0.15) is 0 Å². The van der Waals surface area contributed by atoms with E-state index in [0.717, 1.165) is 25.7 Å². The van der Waals surface area contributed by atoms with Crippen molar-refractivity contribution in [3.05, 3.63) is 34.1 Å². The van der Waals surface area contributed by atoms with Crippen LogP contribution in [0.4, 0.5) is 4.39 Å². The SMILES string of the molecule is NCC1CCC(C(=O)c2cccc(Br)c2F)CC1. The van der Waals surface area contributed by atoms with E-state index in [9.17, 15) is 9.18 Å². The fourth-order valence-corrected chi connectivity index (χ4v) is 2.94. The number of carbonyl (C=O) groups is 1. The molecule has 0 heterocycles. The fourth-order valence-electron chi connectivity index (χ4n) is 2.57. The van der Waals surface area contributed by atoms with E-state index in [1.165, 1.54) is 0 Å². The van der Waals surface area contributed by atoms with Gasteiger partial charge in [0.15, 0.2) is 5.78 Å². The van der Waals surface area contributed by atoms with Crippen LogP contribution in [-0.2, 0) is 0 Å². The summed E-state index contributed by atoms with van der Waals surface area (Å²) in [6.45, 7) is 0.687. The highest BCUT2D eigenvalue weighted by Gasteiger charge is 2.28. The average Bonchev–Trinajstić information content (AvgIpc) is 2.41. The quantitative estimate of drug-likeness (QED) is 0.867. The minimum Gasteiger partial charge on any atom is -0.330 e. The minimum absolute atomic E-state index is 0.0448. The van der Waals surface area contributed by atoms with Crippen LogP contribution in [0.1, 0.15) is 36.0 Å². The van der Waals surface area contributed by atoms with Crippen LogP contribution in [0.25, 0.3) is 0 Å². The number of Topliss-reactive ketones (excluding diaryl/α,β-unsaturated/α-hetero) is 1. The second-order valence-corrected chi connectivity index (χ2v) is 5.77. The predicted octanol–water partition coefficient (Wildman–Crippen LogP) is 3.54. The maximum atomic E-state index is 13.9. The molecule has 1 fully saturated rings. The summed E-state index contributed by atoms with van der Waals surface area (Å²) >= 11 is 3.12. The second-order valence-electron chi connectivity index (χ2n) is 4.92. The summed E-state index contributed by atoms with van der Waals surface area (Å²) in [5, 5.41) is 0. The molecule has 98 valence electrons. The predicted molar refractivity (Wildman–Crippen MR) is 72.9 cm³/mol. The van der Waals surface area contributed by atoms with Crippen molar-refractivity contribution in [1.29, 1.82) is 0 Å². The van der Waals surface area contributed by atoms with Crippen LogP contribution >= 0.6 is 15.9 Å². The molecule has 1 aromatic carbocycles. The molecule has 1 aliphatic rings. The zero-order chi connectivity index (χ0) is 13.1. The number of hydrogen-bond donors (Lipinski definition) is 1. The summed E-state index contributed by atoms with van der Waals surface area (Å²) < 4.78 is 14.2. The highest BCUT2D eigenvalue weighted by Crippen LogP contribution is 2.31. The molecule has 0 unspecified atom stereocenters. The number of halogens is 2. The topological polar surface area (TPSA) is 43.1 Å². The Morgan fingerprint density at radius 1 is 1.33 bits per heavy atom. The third-order valence-corrected chi connectivity index (χ3v) is 4.38. The van der Waals surface area contributed by atoms with Gasteiger partial charge in [-0.15, -0.1) is 0 Å². The first-order valence-electron chi connectivity index (χ1n) is 6.31. The van der Waals surface area contributed by atoms with Gasteiger partial charge >= 0.3 is 0 Å². The molecule has 2 nitrogen and oxygen atoms in total. The first-order valence-corrected chi connectivity index (χ1v) is 7.11. The Morgan fingerprint density at radius 2 is 2.00 bits per heavy atom. The van der Waals surface area contributed by atoms with Crippen LogP contribution in [0.2, 0.25) is 0 Å². The molecule has 0 spiro atoms. The molecule has 0 saturated heterocycles. The van der Waals surface area contributed by atoms with Gasteiger partial charge in [-0.1, -0.05) is 6.07 Å². The molecular formula is C14H17BrFNO. The lowest BCUT2D eigenvalue weighted by molar-refractivity contribution is 0.0869. The third-order valence-electron chi connectivity index (χ3n) is 3.77. The number of nitrogens with two attached hydrogens (primary N) is 1. The lowest BCUT2D eigenvalue weighted by Crippen LogP contribution is -2.26. The number of ketones is 1. The third kappa shape index (κ3) is 2.81. The zero-order valence-electron chi connectivity index (χ0n) is 10.2. The van der Waals surface area contributed by atoms with Crippen molar-refractivity contribution in [1.82, 2.24) is 0 Å². The van der Waals surface area contributed by atoms with Gasteiger partial charge in [-0.05, 0) is 66.2 Å². The summed E-state index contributed by atoms with van der Waals surface area (Å²) in [6.07, 6.45) is 3.60. The number of rotatable bonds is 3. The summed E-state index contributed by atoms with van der Waals surface area (Å²) in [6, 6.07) is 4.88. The van der Waals surface area contributed by atoms with Crippen molar-refractivity contribution in [2.75, 3.05) is 6.54 Å². The van der Waals surface area contributed by atoms with Crippen molar-refractivity contribution < 1.29 is 9.18 Å². The first kappa shape index (κ1) is 13.7. The fraction of sp³-hybridized carbons (Fsp3) is 0.500. The van der Waals surface area contributed by atoms with E-state index >= 15 is 0 Å². The second kappa shape index (κ2) is 5.93. The van der Waals surface area contributed by atoms with E-state index in [2.05, 4.69) is 15.9 Å². The molecule has 1 aliphatic carbocycles. The summed E-state index contributed by atoms with van der Waals surface area (Å²) in [4.78, 5) is 12.3. The molecule has 2 N–H and O–H groups in total. The molecule has 4 heteroatoms. The summed E-state index contributed by atoms with van der Waals surface area (Å²) in [5.74, 6) is -0.0225. The Kier molecular flexibility index (Phi) is 4.51. The van der Waals surface area contributed by atoms with Crippen LogP contribution in [0.5, 0.6) is 0 Å². The normalized spacial score (nSPS) is 23.9. The van der Waals surface area contributed by atoms with E-state index in [-0.39, 0.29) is 17.3 Å². The van der Waals surface area contributed by atoms with Crippen molar-refractivity contribution in [3.8, 4) is 0 Å². The van der Waals surface area contributed by atoms with Crippen LogP contribution < -0.4 is 5.73 Å². The molecule has 1 saturated carbocycles. The minimum atomic E-state index is -0.441.